The first-order valence-electron chi connectivity index (χ1n) is 9.74. The van der Waals surface area contributed by atoms with E-state index in [0.29, 0.717) is 28.0 Å². The van der Waals surface area contributed by atoms with Crippen LogP contribution in [0.1, 0.15) is 10.5 Å². The van der Waals surface area contributed by atoms with Crippen LogP contribution in [0.2, 0.25) is 0 Å². The highest BCUT2D eigenvalue weighted by molar-refractivity contribution is 9.10. The van der Waals surface area contributed by atoms with Crippen molar-refractivity contribution >= 4 is 54.4 Å². The summed E-state index contributed by atoms with van der Waals surface area (Å²) in [6.45, 7) is 0.120. The largest absolute Gasteiger partial charge is 0.491 e. The molecule has 0 atom stereocenters. The summed E-state index contributed by atoms with van der Waals surface area (Å²) in [4.78, 5) is 24.9. The molecule has 33 heavy (non-hydrogen) atoms. The molecule has 11 heteroatoms. The fourth-order valence-electron chi connectivity index (χ4n) is 3.52. The predicted octanol–water partition coefficient (Wildman–Crippen LogP) is 4.06. The number of ether oxygens (including phenoxy) is 1. The molecule has 2 N–H and O–H groups in total. The van der Waals surface area contributed by atoms with Crippen molar-refractivity contribution in [3.8, 4) is 16.9 Å². The van der Waals surface area contributed by atoms with Crippen LogP contribution in [0, 0.1) is 0 Å². The fraction of sp³-hybridized carbons (Fsp3) is 0.0909. The van der Waals surface area contributed by atoms with E-state index < -0.39 is 15.8 Å². The van der Waals surface area contributed by atoms with Crippen LogP contribution in [-0.2, 0) is 9.84 Å². The number of aromatic nitrogens is 3. The van der Waals surface area contributed by atoms with Gasteiger partial charge in [0.2, 0.25) is 5.95 Å². The van der Waals surface area contributed by atoms with Gasteiger partial charge in [-0.3, -0.25) is 0 Å². The number of anilines is 2. The standard InChI is InChI=1S/C22H15BrN4O5S/c23-16-4-2-1-3-14(16)15-9-12-11-24-22(27-20(12)26-19(15)21(28)29)25-13-5-6-17-18(10-13)33(30,31)8-7-32-17/h1-6,9-11H,7-8H2,(H,28,29)(H,24,25,26,27). The van der Waals surface area contributed by atoms with Crippen molar-refractivity contribution in [1.29, 1.82) is 0 Å². The van der Waals surface area contributed by atoms with Crippen molar-refractivity contribution in [3.05, 3.63) is 64.9 Å². The van der Waals surface area contributed by atoms with Crippen molar-refractivity contribution in [2.24, 2.45) is 0 Å². The zero-order valence-corrected chi connectivity index (χ0v) is 19.2. The maximum Gasteiger partial charge on any atom is 0.355 e. The number of carbonyl (C=O) groups is 1. The van der Waals surface area contributed by atoms with Gasteiger partial charge in [-0.2, -0.15) is 4.98 Å². The van der Waals surface area contributed by atoms with Crippen LogP contribution in [0.4, 0.5) is 11.6 Å². The summed E-state index contributed by atoms with van der Waals surface area (Å²) in [6, 6.07) is 13.6. The third-order valence-corrected chi connectivity index (χ3v) is 7.46. The van der Waals surface area contributed by atoms with Crippen molar-refractivity contribution < 1.29 is 23.1 Å². The molecule has 9 nitrogen and oxygen atoms in total. The minimum absolute atomic E-state index is 0.0856. The van der Waals surface area contributed by atoms with Gasteiger partial charge in [-0.15, -0.1) is 0 Å². The lowest BCUT2D eigenvalue weighted by atomic mass is 10.0. The number of sulfone groups is 1. The van der Waals surface area contributed by atoms with Gasteiger partial charge in [0.25, 0.3) is 0 Å². The van der Waals surface area contributed by atoms with Crippen molar-refractivity contribution in [3.63, 3.8) is 0 Å². The molecule has 1 aliphatic rings. The number of halogens is 1. The van der Waals surface area contributed by atoms with Gasteiger partial charge in [0.05, 0.1) is 5.75 Å². The Morgan fingerprint density at radius 3 is 2.70 bits per heavy atom. The summed E-state index contributed by atoms with van der Waals surface area (Å²) < 4.78 is 30.8. The Bertz CT molecular complexity index is 1540. The van der Waals surface area contributed by atoms with E-state index in [2.05, 4.69) is 36.2 Å². The van der Waals surface area contributed by atoms with Crippen molar-refractivity contribution in [2.45, 2.75) is 4.90 Å². The maximum atomic E-state index is 12.3. The maximum absolute atomic E-state index is 12.3. The second-order valence-electron chi connectivity index (χ2n) is 7.23. The van der Waals surface area contributed by atoms with Gasteiger partial charge in [0.1, 0.15) is 17.3 Å². The number of carboxylic acids is 1. The zero-order chi connectivity index (χ0) is 23.2. The van der Waals surface area contributed by atoms with Gasteiger partial charge >= 0.3 is 5.97 Å². The Kier molecular flexibility index (Phi) is 5.22. The van der Waals surface area contributed by atoms with E-state index in [1.54, 1.807) is 24.3 Å². The monoisotopic (exact) mass is 526 g/mol. The minimum Gasteiger partial charge on any atom is -0.491 e. The molecule has 166 valence electrons. The molecule has 0 bridgehead atoms. The summed E-state index contributed by atoms with van der Waals surface area (Å²) in [5.41, 5.74) is 1.62. The molecule has 2 aromatic carbocycles. The average Bonchev–Trinajstić information content (AvgIpc) is 2.79. The molecule has 0 saturated carbocycles. The van der Waals surface area contributed by atoms with Gasteiger partial charge in [-0.25, -0.2) is 23.2 Å². The lowest BCUT2D eigenvalue weighted by Gasteiger charge is -2.18. The van der Waals surface area contributed by atoms with Crippen molar-refractivity contribution in [2.75, 3.05) is 17.7 Å². The quantitative estimate of drug-likeness (QED) is 0.403. The number of pyridine rings is 1. The van der Waals surface area contributed by atoms with Gasteiger partial charge in [0, 0.05) is 27.3 Å². The first-order chi connectivity index (χ1) is 15.8. The molecule has 0 amide bonds. The predicted molar refractivity (Wildman–Crippen MR) is 125 cm³/mol. The lowest BCUT2D eigenvalue weighted by Crippen LogP contribution is -2.21. The number of benzene rings is 2. The van der Waals surface area contributed by atoms with Gasteiger partial charge in [0.15, 0.2) is 21.2 Å². The first-order valence-corrected chi connectivity index (χ1v) is 12.2. The molecular weight excluding hydrogens is 512 g/mol. The third kappa shape index (κ3) is 4.00. The van der Waals surface area contributed by atoms with Crippen LogP contribution in [-0.4, -0.2) is 46.8 Å². The van der Waals surface area contributed by atoms with E-state index >= 15 is 0 Å². The minimum atomic E-state index is -3.43. The molecule has 0 unspecified atom stereocenters. The molecule has 1 aliphatic heterocycles. The topological polar surface area (TPSA) is 131 Å². The molecule has 0 aliphatic carbocycles. The smallest absolute Gasteiger partial charge is 0.355 e. The summed E-state index contributed by atoms with van der Waals surface area (Å²) in [5, 5.41) is 13.2. The van der Waals surface area contributed by atoms with Crippen LogP contribution in [0.25, 0.3) is 22.2 Å². The molecule has 0 fully saturated rings. The van der Waals surface area contributed by atoms with Crippen LogP contribution < -0.4 is 10.1 Å². The molecule has 2 aromatic heterocycles. The van der Waals surface area contributed by atoms with Crippen LogP contribution in [0.15, 0.2) is 64.1 Å². The lowest BCUT2D eigenvalue weighted by molar-refractivity contribution is 0.0691. The number of rotatable bonds is 4. The Hall–Kier alpha value is -3.57. The number of carboxylic acid groups (broad SMARTS) is 1. The van der Waals surface area contributed by atoms with Crippen LogP contribution in [0.3, 0.4) is 0 Å². The molecule has 3 heterocycles. The average molecular weight is 527 g/mol. The number of aromatic carboxylic acids is 1. The van der Waals surface area contributed by atoms with E-state index in [4.69, 9.17) is 4.74 Å². The number of hydrogen-bond donors (Lipinski definition) is 2. The first kappa shape index (κ1) is 21.3. The second kappa shape index (κ2) is 8.09. The highest BCUT2D eigenvalue weighted by Gasteiger charge is 2.25. The van der Waals surface area contributed by atoms with Crippen LogP contribution in [0.5, 0.6) is 5.75 Å². The summed E-state index contributed by atoms with van der Waals surface area (Å²) in [6.07, 6.45) is 1.53. The number of fused-ring (bicyclic) bond motifs is 2. The molecule has 0 spiro atoms. The molecule has 0 radical (unpaired) electrons. The molecule has 5 rings (SSSR count). The van der Waals surface area contributed by atoms with Crippen molar-refractivity contribution in [1.82, 2.24) is 15.0 Å². The Morgan fingerprint density at radius 1 is 1.09 bits per heavy atom. The normalized spacial score (nSPS) is 14.3. The highest BCUT2D eigenvalue weighted by atomic mass is 79.9. The van der Waals surface area contributed by atoms with E-state index in [1.165, 1.54) is 12.3 Å². The number of hydrogen-bond acceptors (Lipinski definition) is 8. The SMILES string of the molecule is O=C(O)c1nc2nc(Nc3ccc4c(c3)S(=O)(=O)CCO4)ncc2cc1-c1ccccc1Br. The van der Waals surface area contributed by atoms with Crippen LogP contribution >= 0.6 is 15.9 Å². The fourth-order valence-corrected chi connectivity index (χ4v) is 5.28. The Balaban J connectivity index is 1.55. The molecular formula is C22H15BrN4O5S. The molecule has 4 aromatic rings. The zero-order valence-electron chi connectivity index (χ0n) is 16.8. The Labute approximate surface area is 196 Å². The Morgan fingerprint density at radius 2 is 1.91 bits per heavy atom. The van der Waals surface area contributed by atoms with Gasteiger partial charge in [-0.05, 0) is 35.9 Å². The third-order valence-electron chi connectivity index (χ3n) is 5.08. The number of nitrogens with one attached hydrogen (secondary N) is 1. The van der Waals surface area contributed by atoms with Gasteiger partial charge in [-0.1, -0.05) is 34.1 Å². The second-order valence-corrected chi connectivity index (χ2v) is 10.2. The summed E-state index contributed by atoms with van der Waals surface area (Å²) in [7, 11) is -3.43. The summed E-state index contributed by atoms with van der Waals surface area (Å²) in [5.74, 6) is -0.819. The van der Waals surface area contributed by atoms with Gasteiger partial charge < -0.3 is 15.2 Å². The van der Waals surface area contributed by atoms with E-state index in [9.17, 15) is 18.3 Å². The summed E-state index contributed by atoms with van der Waals surface area (Å²) >= 11 is 3.45. The van der Waals surface area contributed by atoms with E-state index in [-0.39, 0.29) is 34.5 Å². The van der Waals surface area contributed by atoms with E-state index in [1.807, 2.05) is 18.2 Å². The highest BCUT2D eigenvalue weighted by Crippen LogP contribution is 2.33. The van der Waals surface area contributed by atoms with E-state index in [0.717, 1.165) is 4.47 Å². The molecule has 0 saturated heterocycles. The number of nitrogens with zero attached hydrogens (tertiary/aromatic N) is 3.